The largest absolute Gasteiger partial charge is 0.369 e. The number of hydrogen-bond donors (Lipinski definition) is 1. The van der Waals surface area contributed by atoms with Crippen molar-refractivity contribution in [3.05, 3.63) is 35.2 Å². The highest BCUT2D eigenvalue weighted by atomic mass is 16.5. The molecule has 3 heterocycles. The highest BCUT2D eigenvalue weighted by Gasteiger charge is 2.30. The van der Waals surface area contributed by atoms with E-state index in [-0.39, 0.29) is 18.1 Å². The minimum atomic E-state index is -0.0504. The summed E-state index contributed by atoms with van der Waals surface area (Å²) in [6.07, 6.45) is 7.48. The van der Waals surface area contributed by atoms with Crippen LogP contribution in [0.1, 0.15) is 67.3 Å². The summed E-state index contributed by atoms with van der Waals surface area (Å²) in [6.45, 7) is 7.85. The molecule has 0 saturated carbocycles. The number of aromatic amines is 1. The Bertz CT molecular complexity index is 751. The monoisotopic (exact) mass is 359 g/mol. The molecule has 1 aliphatic heterocycles. The van der Waals surface area contributed by atoms with Crippen LogP contribution in [0.3, 0.4) is 0 Å². The van der Waals surface area contributed by atoms with Crippen molar-refractivity contribution in [1.29, 1.82) is 0 Å². The Morgan fingerprint density at radius 1 is 1.46 bits per heavy atom. The van der Waals surface area contributed by atoms with E-state index in [1.807, 2.05) is 33.3 Å². The number of aromatic nitrogens is 4. The molecule has 0 spiro atoms. The summed E-state index contributed by atoms with van der Waals surface area (Å²) >= 11 is 0. The number of ether oxygens (including phenoxy) is 1. The summed E-state index contributed by atoms with van der Waals surface area (Å²) in [5.74, 6) is 1.06. The topological polar surface area (TPSA) is 76.0 Å². The van der Waals surface area contributed by atoms with E-state index in [1.54, 1.807) is 4.90 Å². The van der Waals surface area contributed by atoms with Gasteiger partial charge in [-0.3, -0.25) is 9.89 Å². The molecular formula is C19H29N5O2. The number of aryl methyl sites for hydroxylation is 2. The van der Waals surface area contributed by atoms with Gasteiger partial charge >= 0.3 is 0 Å². The maximum atomic E-state index is 12.8. The third-order valence-electron chi connectivity index (χ3n) is 4.94. The van der Waals surface area contributed by atoms with Crippen molar-refractivity contribution in [2.45, 2.75) is 65.2 Å². The van der Waals surface area contributed by atoms with Crippen molar-refractivity contribution in [2.75, 3.05) is 13.6 Å². The first-order chi connectivity index (χ1) is 12.5. The summed E-state index contributed by atoms with van der Waals surface area (Å²) in [7, 11) is 1.84. The Labute approximate surface area is 154 Å². The van der Waals surface area contributed by atoms with E-state index in [0.717, 1.165) is 49.3 Å². The van der Waals surface area contributed by atoms with Crippen LogP contribution < -0.4 is 0 Å². The Kier molecular flexibility index (Phi) is 5.76. The molecule has 0 unspecified atom stereocenters. The molecule has 0 saturated heterocycles. The SMILES string of the molecule is CCCn1ccnc1CCCN(C)C(=O)c1n[nH]c2c1C[C@H](C)O[C@@H]2C. The number of carbonyl (C=O) groups excluding carboxylic acids is 1. The van der Waals surface area contributed by atoms with Gasteiger partial charge in [-0.1, -0.05) is 6.92 Å². The minimum absolute atomic E-state index is 0.0271. The number of H-pyrrole nitrogens is 1. The van der Waals surface area contributed by atoms with E-state index in [9.17, 15) is 4.79 Å². The molecule has 26 heavy (non-hydrogen) atoms. The van der Waals surface area contributed by atoms with Crippen molar-refractivity contribution in [3.63, 3.8) is 0 Å². The molecule has 3 rings (SSSR count). The van der Waals surface area contributed by atoms with Gasteiger partial charge in [0.1, 0.15) is 5.82 Å². The number of fused-ring (bicyclic) bond motifs is 1. The lowest BCUT2D eigenvalue weighted by Gasteiger charge is -2.25. The molecular weight excluding hydrogens is 330 g/mol. The van der Waals surface area contributed by atoms with Gasteiger partial charge in [0.25, 0.3) is 5.91 Å². The number of nitrogens with one attached hydrogen (secondary N) is 1. The lowest BCUT2D eigenvalue weighted by molar-refractivity contribution is -0.00701. The molecule has 2 atom stereocenters. The molecule has 2 aromatic heterocycles. The van der Waals surface area contributed by atoms with Crippen LogP contribution in [0.4, 0.5) is 0 Å². The van der Waals surface area contributed by atoms with Crippen molar-refractivity contribution in [2.24, 2.45) is 0 Å². The van der Waals surface area contributed by atoms with Crippen LogP contribution in [-0.2, 0) is 24.1 Å². The van der Waals surface area contributed by atoms with E-state index in [0.29, 0.717) is 12.2 Å². The Balaban J connectivity index is 1.59. The van der Waals surface area contributed by atoms with Crippen LogP contribution in [0.2, 0.25) is 0 Å². The summed E-state index contributed by atoms with van der Waals surface area (Å²) in [5, 5.41) is 7.28. The van der Waals surface area contributed by atoms with Crippen LogP contribution in [-0.4, -0.2) is 50.3 Å². The molecule has 1 amide bonds. The van der Waals surface area contributed by atoms with E-state index in [4.69, 9.17) is 4.74 Å². The Morgan fingerprint density at radius 3 is 3.04 bits per heavy atom. The highest BCUT2D eigenvalue weighted by molar-refractivity contribution is 5.94. The van der Waals surface area contributed by atoms with Crippen LogP contribution in [0.25, 0.3) is 0 Å². The molecule has 0 radical (unpaired) electrons. The van der Waals surface area contributed by atoms with Gasteiger partial charge in [-0.05, 0) is 26.7 Å². The maximum absolute atomic E-state index is 12.8. The van der Waals surface area contributed by atoms with Gasteiger partial charge in [0, 0.05) is 50.9 Å². The summed E-state index contributed by atoms with van der Waals surface area (Å²) < 4.78 is 7.99. The second-order valence-corrected chi connectivity index (χ2v) is 7.12. The molecule has 0 bridgehead atoms. The number of imidazole rings is 1. The Hall–Kier alpha value is -2.15. The predicted molar refractivity (Wildman–Crippen MR) is 99.1 cm³/mol. The minimum Gasteiger partial charge on any atom is -0.369 e. The van der Waals surface area contributed by atoms with E-state index < -0.39 is 0 Å². The molecule has 1 aliphatic rings. The summed E-state index contributed by atoms with van der Waals surface area (Å²) in [5.41, 5.74) is 2.48. The van der Waals surface area contributed by atoms with Gasteiger partial charge in [-0.15, -0.1) is 0 Å². The standard InChI is InChI=1S/C19H29N5O2/c1-5-9-24-11-8-20-16(24)7-6-10-23(4)19(25)18-15-12-13(2)26-14(3)17(15)21-22-18/h8,11,13-14H,5-7,9-10,12H2,1-4H3,(H,21,22)/t13-,14+/m0/s1. The molecule has 7 nitrogen and oxygen atoms in total. The Morgan fingerprint density at radius 2 is 2.27 bits per heavy atom. The fraction of sp³-hybridized carbons (Fsp3) is 0.632. The maximum Gasteiger partial charge on any atom is 0.274 e. The van der Waals surface area contributed by atoms with Crippen LogP contribution in [0, 0.1) is 0 Å². The zero-order chi connectivity index (χ0) is 18.7. The van der Waals surface area contributed by atoms with Gasteiger partial charge in [-0.2, -0.15) is 5.10 Å². The van der Waals surface area contributed by atoms with E-state index in [1.165, 1.54) is 0 Å². The fourth-order valence-electron chi connectivity index (χ4n) is 3.62. The molecule has 2 aromatic rings. The second-order valence-electron chi connectivity index (χ2n) is 7.12. The van der Waals surface area contributed by atoms with Gasteiger partial charge in [-0.25, -0.2) is 4.98 Å². The van der Waals surface area contributed by atoms with Gasteiger partial charge < -0.3 is 14.2 Å². The number of amides is 1. The lowest BCUT2D eigenvalue weighted by Crippen LogP contribution is -2.30. The van der Waals surface area contributed by atoms with Crippen molar-refractivity contribution in [3.8, 4) is 0 Å². The van der Waals surface area contributed by atoms with Gasteiger partial charge in [0.2, 0.25) is 0 Å². The summed E-state index contributed by atoms with van der Waals surface area (Å²) in [6, 6.07) is 0. The van der Waals surface area contributed by atoms with Gasteiger partial charge in [0.15, 0.2) is 5.69 Å². The first-order valence-corrected chi connectivity index (χ1v) is 9.49. The number of nitrogens with zero attached hydrogens (tertiary/aromatic N) is 4. The zero-order valence-electron chi connectivity index (χ0n) is 16.2. The number of hydrogen-bond acceptors (Lipinski definition) is 4. The first-order valence-electron chi connectivity index (χ1n) is 9.49. The third kappa shape index (κ3) is 3.82. The smallest absolute Gasteiger partial charge is 0.274 e. The van der Waals surface area contributed by atoms with Crippen LogP contribution in [0.5, 0.6) is 0 Å². The average molecular weight is 359 g/mol. The van der Waals surface area contributed by atoms with Gasteiger partial charge in [0.05, 0.1) is 17.9 Å². The lowest BCUT2D eigenvalue weighted by atomic mass is 9.99. The summed E-state index contributed by atoms with van der Waals surface area (Å²) in [4.78, 5) is 19.0. The molecule has 0 aliphatic carbocycles. The average Bonchev–Trinajstić information content (AvgIpc) is 3.21. The highest BCUT2D eigenvalue weighted by Crippen LogP contribution is 2.30. The fourth-order valence-corrected chi connectivity index (χ4v) is 3.62. The van der Waals surface area contributed by atoms with Crippen molar-refractivity contribution >= 4 is 5.91 Å². The van der Waals surface area contributed by atoms with Crippen molar-refractivity contribution < 1.29 is 9.53 Å². The molecule has 0 aromatic carbocycles. The predicted octanol–water partition coefficient (Wildman–Crippen LogP) is 2.74. The molecule has 7 heteroatoms. The van der Waals surface area contributed by atoms with E-state index in [2.05, 4.69) is 26.7 Å². The number of rotatable bonds is 7. The van der Waals surface area contributed by atoms with Crippen molar-refractivity contribution in [1.82, 2.24) is 24.6 Å². The van der Waals surface area contributed by atoms with Crippen LogP contribution in [0.15, 0.2) is 12.4 Å². The third-order valence-corrected chi connectivity index (χ3v) is 4.94. The van der Waals surface area contributed by atoms with Crippen LogP contribution >= 0.6 is 0 Å². The number of carbonyl (C=O) groups is 1. The quantitative estimate of drug-likeness (QED) is 0.825. The first kappa shape index (κ1) is 18.6. The molecule has 142 valence electrons. The molecule has 1 N–H and O–H groups in total. The molecule has 0 fully saturated rings. The second kappa shape index (κ2) is 8.03. The van der Waals surface area contributed by atoms with E-state index >= 15 is 0 Å². The zero-order valence-corrected chi connectivity index (χ0v) is 16.2. The normalized spacial score (nSPS) is 19.4.